The van der Waals surface area contributed by atoms with Crippen LogP contribution in [0.4, 0.5) is 10.3 Å². The van der Waals surface area contributed by atoms with Crippen molar-refractivity contribution in [3.8, 4) is 17.1 Å². The molecule has 2 aliphatic rings. The fourth-order valence-electron chi connectivity index (χ4n) is 5.40. The first-order valence-electron chi connectivity index (χ1n) is 13.4. The lowest BCUT2D eigenvalue weighted by Gasteiger charge is -2.33. The van der Waals surface area contributed by atoms with Gasteiger partial charge in [0.05, 0.1) is 28.4 Å². The number of anilines is 1. The van der Waals surface area contributed by atoms with Crippen LogP contribution in [0.15, 0.2) is 47.5 Å². The van der Waals surface area contributed by atoms with Gasteiger partial charge in [0.1, 0.15) is 5.82 Å². The standard InChI is InChI=1S/C27H35FN6O4S.ClH/c1-27(2,36)13-16-32-18-24(34(26(32)35)22-8-4-19(28)5-9-22)23-12-14-29-25(31-23)30-20-6-10-21(11-7-20)33-15-3-17-39(33,37)38;/h4-5,8-9,12,14,18,20-21,36H,3,6-7,10-11,13,15-17H2,1-2H3,(H,29,30,31);1H. The number of rotatable bonds is 8. The molecule has 1 aromatic carbocycles. The van der Waals surface area contributed by atoms with Crippen molar-refractivity contribution >= 4 is 28.4 Å². The summed E-state index contributed by atoms with van der Waals surface area (Å²) >= 11 is 0. The maximum atomic E-state index is 13.6. The van der Waals surface area contributed by atoms with Gasteiger partial charge in [0.2, 0.25) is 16.0 Å². The van der Waals surface area contributed by atoms with Gasteiger partial charge in [-0.3, -0.25) is 9.13 Å². The van der Waals surface area contributed by atoms with Crippen LogP contribution in [0.3, 0.4) is 0 Å². The second-order valence-electron chi connectivity index (χ2n) is 11.1. The number of nitrogens with one attached hydrogen (secondary N) is 1. The number of benzene rings is 1. The molecule has 2 N–H and O–H groups in total. The number of aryl methyl sites for hydroxylation is 1. The van der Waals surface area contributed by atoms with Crippen LogP contribution in [0.5, 0.6) is 0 Å². The Morgan fingerprint density at radius 3 is 2.45 bits per heavy atom. The second-order valence-corrected chi connectivity index (χ2v) is 13.1. The van der Waals surface area contributed by atoms with Gasteiger partial charge in [0, 0.05) is 37.6 Å². The fourth-order valence-corrected chi connectivity index (χ4v) is 7.20. The lowest BCUT2D eigenvalue weighted by atomic mass is 9.91. The van der Waals surface area contributed by atoms with Gasteiger partial charge in [-0.1, -0.05) is 0 Å². The zero-order valence-corrected chi connectivity index (χ0v) is 24.3. The van der Waals surface area contributed by atoms with Gasteiger partial charge >= 0.3 is 5.69 Å². The van der Waals surface area contributed by atoms with E-state index in [0.29, 0.717) is 49.0 Å². The summed E-state index contributed by atoms with van der Waals surface area (Å²) in [5, 5.41) is 13.6. The predicted molar refractivity (Wildman–Crippen MR) is 154 cm³/mol. The van der Waals surface area contributed by atoms with Crippen molar-refractivity contribution in [3.63, 3.8) is 0 Å². The Kier molecular flexibility index (Phi) is 9.03. The summed E-state index contributed by atoms with van der Waals surface area (Å²) in [5.74, 6) is 0.265. The molecule has 0 bridgehead atoms. The van der Waals surface area contributed by atoms with E-state index in [9.17, 15) is 22.7 Å². The van der Waals surface area contributed by atoms with Crippen LogP contribution in [-0.4, -0.2) is 66.9 Å². The summed E-state index contributed by atoms with van der Waals surface area (Å²) in [6, 6.07) is 7.57. The third kappa shape index (κ3) is 6.73. The molecule has 0 spiro atoms. The average molecular weight is 595 g/mol. The highest BCUT2D eigenvalue weighted by atomic mass is 35.5. The molecule has 40 heavy (non-hydrogen) atoms. The van der Waals surface area contributed by atoms with Gasteiger partial charge in [0.15, 0.2) is 0 Å². The largest absolute Gasteiger partial charge is 0.390 e. The summed E-state index contributed by atoms with van der Waals surface area (Å²) in [4.78, 5) is 22.5. The van der Waals surface area contributed by atoms with E-state index in [1.54, 1.807) is 48.7 Å². The maximum absolute atomic E-state index is 13.6. The number of aliphatic hydroxyl groups is 1. The van der Waals surface area contributed by atoms with E-state index in [1.807, 2.05) is 0 Å². The summed E-state index contributed by atoms with van der Waals surface area (Å²) in [5.41, 5.74) is 0.288. The van der Waals surface area contributed by atoms with Crippen LogP contribution in [0.25, 0.3) is 17.1 Å². The topological polar surface area (TPSA) is 122 Å². The Hall–Kier alpha value is -2.80. The van der Waals surface area contributed by atoms with E-state index in [0.717, 1.165) is 25.7 Å². The van der Waals surface area contributed by atoms with Crippen molar-refractivity contribution in [2.24, 2.45) is 0 Å². The lowest BCUT2D eigenvalue weighted by molar-refractivity contribution is 0.0659. The van der Waals surface area contributed by atoms with E-state index in [2.05, 4.69) is 10.3 Å². The van der Waals surface area contributed by atoms with Crippen molar-refractivity contribution in [2.45, 2.75) is 76.6 Å². The lowest BCUT2D eigenvalue weighted by Crippen LogP contribution is -2.41. The fraction of sp³-hybridized carbons (Fsp3) is 0.519. The molecule has 218 valence electrons. The summed E-state index contributed by atoms with van der Waals surface area (Å²) < 4.78 is 42.9. The predicted octanol–water partition coefficient (Wildman–Crippen LogP) is 3.58. The number of halogens is 2. The Balaban J connectivity index is 0.00000370. The molecule has 13 heteroatoms. The molecule has 1 saturated heterocycles. The number of imidazole rings is 1. The minimum absolute atomic E-state index is 0. The number of hydrogen-bond acceptors (Lipinski definition) is 7. The molecule has 10 nitrogen and oxygen atoms in total. The Morgan fingerprint density at radius 2 is 1.82 bits per heavy atom. The molecular weight excluding hydrogens is 559 g/mol. The first kappa shape index (κ1) is 30.2. The van der Waals surface area contributed by atoms with Crippen LogP contribution < -0.4 is 11.0 Å². The van der Waals surface area contributed by atoms with Crippen molar-refractivity contribution in [3.05, 3.63) is 59.0 Å². The molecular formula is C27H36ClFN6O4S. The number of aromatic nitrogens is 4. The summed E-state index contributed by atoms with van der Waals surface area (Å²) in [6.45, 7) is 4.29. The van der Waals surface area contributed by atoms with Gasteiger partial charge in [-0.15, -0.1) is 12.4 Å². The van der Waals surface area contributed by atoms with E-state index in [-0.39, 0.29) is 35.9 Å². The van der Waals surface area contributed by atoms with E-state index in [4.69, 9.17) is 4.98 Å². The van der Waals surface area contributed by atoms with Crippen LogP contribution >= 0.6 is 12.4 Å². The zero-order valence-electron chi connectivity index (χ0n) is 22.7. The minimum atomic E-state index is -3.12. The SMILES string of the molecule is CC(C)(O)CCn1cc(-c2ccnc(NC3CCC(N4CCCS4(=O)=O)CC3)n2)n(-c2ccc(F)cc2)c1=O.Cl. The van der Waals surface area contributed by atoms with Gasteiger partial charge < -0.3 is 10.4 Å². The van der Waals surface area contributed by atoms with E-state index < -0.39 is 21.4 Å². The van der Waals surface area contributed by atoms with E-state index >= 15 is 0 Å². The highest BCUT2D eigenvalue weighted by molar-refractivity contribution is 7.89. The average Bonchev–Trinajstić information content (AvgIpc) is 3.42. The maximum Gasteiger partial charge on any atom is 0.333 e. The molecule has 3 aromatic rings. The van der Waals surface area contributed by atoms with Crippen molar-refractivity contribution in [1.29, 1.82) is 0 Å². The smallest absolute Gasteiger partial charge is 0.333 e. The Morgan fingerprint density at radius 1 is 1.12 bits per heavy atom. The van der Waals surface area contributed by atoms with Gasteiger partial charge in [-0.2, -0.15) is 4.31 Å². The Bertz CT molecular complexity index is 1480. The molecule has 0 radical (unpaired) electrons. The molecule has 1 aliphatic carbocycles. The molecule has 0 atom stereocenters. The zero-order chi connectivity index (χ0) is 27.8. The normalized spacial score (nSPS) is 21.2. The number of sulfonamides is 1. The van der Waals surface area contributed by atoms with Crippen molar-refractivity contribution < 1.29 is 17.9 Å². The molecule has 1 saturated carbocycles. The van der Waals surface area contributed by atoms with Crippen LogP contribution in [-0.2, 0) is 16.6 Å². The third-order valence-electron chi connectivity index (χ3n) is 7.50. The molecule has 2 aromatic heterocycles. The minimum Gasteiger partial charge on any atom is -0.390 e. The van der Waals surface area contributed by atoms with Gasteiger partial charge in [0.25, 0.3) is 0 Å². The molecule has 3 heterocycles. The first-order chi connectivity index (χ1) is 18.5. The van der Waals surface area contributed by atoms with Crippen LogP contribution in [0, 0.1) is 5.82 Å². The van der Waals surface area contributed by atoms with Crippen molar-refractivity contribution in [2.75, 3.05) is 17.6 Å². The molecule has 0 amide bonds. The molecule has 2 fully saturated rings. The first-order valence-corrected chi connectivity index (χ1v) is 15.0. The molecule has 0 unspecified atom stereocenters. The van der Waals surface area contributed by atoms with Crippen LogP contribution in [0.1, 0.15) is 52.4 Å². The quantitative estimate of drug-likeness (QED) is 0.409. The summed E-state index contributed by atoms with van der Waals surface area (Å²) in [6.07, 6.45) is 7.57. The molecule has 1 aliphatic heterocycles. The third-order valence-corrected chi connectivity index (χ3v) is 9.50. The van der Waals surface area contributed by atoms with Gasteiger partial charge in [-0.05, 0) is 82.7 Å². The number of hydrogen-bond donors (Lipinski definition) is 2. The monoisotopic (exact) mass is 594 g/mol. The number of nitrogens with zero attached hydrogens (tertiary/aromatic N) is 5. The van der Waals surface area contributed by atoms with Gasteiger partial charge in [-0.25, -0.2) is 27.6 Å². The van der Waals surface area contributed by atoms with E-state index in [1.165, 1.54) is 21.3 Å². The van der Waals surface area contributed by atoms with Crippen LogP contribution in [0.2, 0.25) is 0 Å². The van der Waals surface area contributed by atoms with Crippen molar-refractivity contribution in [1.82, 2.24) is 23.4 Å². The Labute approximate surface area is 239 Å². The highest BCUT2D eigenvalue weighted by Gasteiger charge is 2.36. The molecule has 5 rings (SSSR count). The second kappa shape index (κ2) is 12.0. The summed E-state index contributed by atoms with van der Waals surface area (Å²) in [7, 11) is -3.12. The highest BCUT2D eigenvalue weighted by Crippen LogP contribution is 2.30.